The number of benzene rings is 2. The molecule has 5 heterocycles. The van der Waals surface area contributed by atoms with Crippen LogP contribution in [0.15, 0.2) is 54.7 Å². The van der Waals surface area contributed by atoms with E-state index in [-0.39, 0.29) is 28.5 Å². The summed E-state index contributed by atoms with van der Waals surface area (Å²) in [4.78, 5) is 21.7. The number of anilines is 2. The summed E-state index contributed by atoms with van der Waals surface area (Å²) in [5, 5.41) is 16.9. The Morgan fingerprint density at radius 2 is 1.90 bits per heavy atom. The third-order valence-corrected chi connectivity index (χ3v) is 9.57. The van der Waals surface area contributed by atoms with Crippen molar-refractivity contribution in [2.75, 3.05) is 36.9 Å². The molecule has 0 aliphatic carbocycles. The van der Waals surface area contributed by atoms with Gasteiger partial charge in [-0.1, -0.05) is 18.2 Å². The van der Waals surface area contributed by atoms with Gasteiger partial charge in [-0.3, -0.25) is 4.79 Å². The summed E-state index contributed by atoms with van der Waals surface area (Å²) < 4.78 is 57.6. The lowest BCUT2D eigenvalue weighted by Crippen LogP contribution is -2.41. The van der Waals surface area contributed by atoms with Crippen molar-refractivity contribution in [3.05, 3.63) is 71.5 Å². The lowest BCUT2D eigenvalue weighted by Gasteiger charge is -2.39. The highest BCUT2D eigenvalue weighted by atomic mass is 19.4. The Hall–Kier alpha value is -4.85. The number of nitrogens with one attached hydrogen (secondary N) is 1. The number of halogens is 3. The van der Waals surface area contributed by atoms with Gasteiger partial charge in [0.2, 0.25) is 17.9 Å². The van der Waals surface area contributed by atoms with Crippen LogP contribution in [0.5, 0.6) is 11.6 Å². The van der Waals surface area contributed by atoms with Crippen molar-refractivity contribution in [2.24, 2.45) is 5.41 Å². The SMILES string of the molecule is Cc1ccn(-c2cc(-c3ccc4c(c3)CCCO4)ccc2[C@@H](Oc2cc(N3CCC4(CC3)CN[C@H](C(=O)O)C4)nc(N)n2)C(F)(F)F)n1. The van der Waals surface area contributed by atoms with Crippen molar-refractivity contribution < 1.29 is 32.5 Å². The number of nitrogens with two attached hydrogens (primary N) is 1. The predicted molar refractivity (Wildman–Crippen MR) is 171 cm³/mol. The number of carbonyl (C=O) groups is 1. The van der Waals surface area contributed by atoms with Gasteiger partial charge in [-0.15, -0.1) is 0 Å². The minimum atomic E-state index is -4.82. The van der Waals surface area contributed by atoms with E-state index < -0.39 is 24.3 Å². The zero-order valence-electron chi connectivity index (χ0n) is 26.3. The molecule has 2 aromatic carbocycles. The fourth-order valence-corrected chi connectivity index (χ4v) is 7.00. The van der Waals surface area contributed by atoms with Crippen molar-refractivity contribution in [3.63, 3.8) is 0 Å². The number of nitrogens with zero attached hydrogens (tertiary/aromatic N) is 5. The third-order valence-electron chi connectivity index (χ3n) is 9.57. The van der Waals surface area contributed by atoms with E-state index in [1.54, 1.807) is 31.3 Å². The Kier molecular flexibility index (Phi) is 8.14. The molecule has 1 spiro atoms. The van der Waals surface area contributed by atoms with Gasteiger partial charge < -0.3 is 30.5 Å². The summed E-state index contributed by atoms with van der Waals surface area (Å²) in [5.41, 5.74) is 9.19. The van der Waals surface area contributed by atoms with E-state index >= 15 is 0 Å². The van der Waals surface area contributed by atoms with Crippen LogP contribution in [0.1, 0.15) is 48.6 Å². The van der Waals surface area contributed by atoms with Crippen LogP contribution in [0.25, 0.3) is 16.8 Å². The number of fused-ring (bicyclic) bond motifs is 1. The van der Waals surface area contributed by atoms with Gasteiger partial charge >= 0.3 is 12.1 Å². The predicted octanol–water partition coefficient (Wildman–Crippen LogP) is 5.26. The molecule has 4 aromatic rings. The normalized spacial score (nSPS) is 19.5. The van der Waals surface area contributed by atoms with Gasteiger partial charge in [0.1, 0.15) is 17.6 Å². The number of hydrogen-bond acceptors (Lipinski definition) is 9. The maximum atomic E-state index is 14.9. The maximum absolute atomic E-state index is 14.9. The summed E-state index contributed by atoms with van der Waals surface area (Å²) >= 11 is 0. The number of carboxylic acids is 1. The number of ether oxygens (including phenoxy) is 2. The van der Waals surface area contributed by atoms with Gasteiger partial charge in [-0.05, 0) is 85.4 Å². The number of aliphatic carboxylic acids is 1. The highest BCUT2D eigenvalue weighted by molar-refractivity contribution is 5.74. The molecule has 11 nitrogen and oxygen atoms in total. The Morgan fingerprint density at radius 1 is 1.12 bits per heavy atom. The van der Waals surface area contributed by atoms with Crippen LogP contribution in [-0.2, 0) is 11.2 Å². The molecule has 3 aliphatic rings. The number of carboxylic acid groups (broad SMARTS) is 1. The molecule has 0 radical (unpaired) electrons. The summed E-state index contributed by atoms with van der Waals surface area (Å²) in [5.74, 6) is -0.219. The van der Waals surface area contributed by atoms with E-state index in [4.69, 9.17) is 15.2 Å². The zero-order valence-corrected chi connectivity index (χ0v) is 26.3. The second kappa shape index (κ2) is 12.3. The molecule has 4 N–H and O–H groups in total. The number of alkyl halides is 3. The second-order valence-electron chi connectivity index (χ2n) is 12.9. The molecule has 0 bridgehead atoms. The molecule has 3 aliphatic heterocycles. The van der Waals surface area contributed by atoms with Crippen molar-refractivity contribution >= 4 is 17.7 Å². The molecule has 2 atom stereocenters. The Balaban J connectivity index is 1.19. The molecule has 0 saturated carbocycles. The molecular weight excluding hydrogens is 627 g/mol. The first-order valence-corrected chi connectivity index (χ1v) is 16.0. The van der Waals surface area contributed by atoms with Gasteiger partial charge in [0, 0.05) is 37.5 Å². The smallest absolute Gasteiger partial charge is 0.429 e. The Labute approximate surface area is 274 Å². The first-order chi connectivity index (χ1) is 23.0. The standard InChI is InChI=1S/C34H36F3N7O4/c1-20-8-11-44(42-20)26-16-22(21-5-7-27-23(15-21)3-2-14-47-27)4-6-24(26)30(34(35,36)37)48-29-17-28(40-32(38)41-29)43-12-9-33(10-13-43)18-25(31(45)46)39-19-33/h4-8,11,15-17,25,30,39H,2-3,9-10,12-14,18-19H2,1H3,(H,45,46)(H2,38,40,41)/t25-,30+/m0/s1. The van der Waals surface area contributed by atoms with Gasteiger partial charge in [0.25, 0.3) is 0 Å². The van der Waals surface area contributed by atoms with Gasteiger partial charge in [0.05, 0.1) is 18.0 Å². The second-order valence-corrected chi connectivity index (χ2v) is 12.9. The van der Waals surface area contributed by atoms with Crippen molar-refractivity contribution in [2.45, 2.75) is 57.3 Å². The van der Waals surface area contributed by atoms with E-state index in [1.165, 1.54) is 16.8 Å². The molecule has 0 unspecified atom stereocenters. The summed E-state index contributed by atoms with van der Waals surface area (Å²) in [6.45, 7) is 4.09. The molecule has 2 aromatic heterocycles. The van der Waals surface area contributed by atoms with Crippen LogP contribution >= 0.6 is 0 Å². The van der Waals surface area contributed by atoms with Crippen LogP contribution in [-0.4, -0.2) is 69.3 Å². The lowest BCUT2D eigenvalue weighted by molar-refractivity contribution is -0.198. The van der Waals surface area contributed by atoms with Crippen molar-refractivity contribution in [1.29, 1.82) is 0 Å². The summed E-state index contributed by atoms with van der Waals surface area (Å²) in [6, 6.07) is 13.1. The van der Waals surface area contributed by atoms with Crippen LogP contribution in [0.3, 0.4) is 0 Å². The average molecular weight is 664 g/mol. The molecule has 0 amide bonds. The maximum Gasteiger partial charge on any atom is 0.429 e. The fraction of sp³-hybridized carbons (Fsp3) is 0.412. The highest BCUT2D eigenvalue weighted by Crippen LogP contribution is 2.43. The molecule has 252 valence electrons. The minimum Gasteiger partial charge on any atom is -0.493 e. The van der Waals surface area contributed by atoms with E-state index in [1.807, 2.05) is 23.1 Å². The Bertz CT molecular complexity index is 1840. The van der Waals surface area contributed by atoms with E-state index in [9.17, 15) is 23.1 Å². The number of aryl methyl sites for hydroxylation is 2. The summed E-state index contributed by atoms with van der Waals surface area (Å²) in [7, 11) is 0. The first kappa shape index (κ1) is 31.7. The van der Waals surface area contributed by atoms with Crippen LogP contribution in [0, 0.1) is 12.3 Å². The van der Waals surface area contributed by atoms with E-state index in [2.05, 4.69) is 20.4 Å². The lowest BCUT2D eigenvalue weighted by atomic mass is 9.76. The van der Waals surface area contributed by atoms with Gasteiger partial charge in [0.15, 0.2) is 0 Å². The number of hydrogen-bond donors (Lipinski definition) is 3. The van der Waals surface area contributed by atoms with Crippen LogP contribution < -0.4 is 25.4 Å². The number of rotatable bonds is 7. The fourth-order valence-electron chi connectivity index (χ4n) is 7.00. The highest BCUT2D eigenvalue weighted by Gasteiger charge is 2.46. The Morgan fingerprint density at radius 3 is 2.60 bits per heavy atom. The van der Waals surface area contributed by atoms with Crippen molar-refractivity contribution in [1.82, 2.24) is 25.1 Å². The van der Waals surface area contributed by atoms with E-state index in [0.717, 1.165) is 35.3 Å². The van der Waals surface area contributed by atoms with Crippen LogP contribution in [0.2, 0.25) is 0 Å². The van der Waals surface area contributed by atoms with Gasteiger partial charge in [-0.25, -0.2) is 4.68 Å². The molecule has 7 rings (SSSR count). The quantitative estimate of drug-likeness (QED) is 0.240. The molecular formula is C34H36F3N7O4. The topological polar surface area (TPSA) is 141 Å². The minimum absolute atomic E-state index is 0.143. The number of aromatic nitrogens is 4. The zero-order chi connectivity index (χ0) is 33.6. The molecule has 14 heteroatoms. The summed E-state index contributed by atoms with van der Waals surface area (Å²) in [6.07, 6.45) is -1.91. The third kappa shape index (κ3) is 6.36. The van der Waals surface area contributed by atoms with E-state index in [0.29, 0.717) is 57.0 Å². The largest absolute Gasteiger partial charge is 0.493 e. The number of piperidine rings is 1. The molecule has 2 fully saturated rings. The first-order valence-electron chi connectivity index (χ1n) is 16.0. The molecule has 48 heavy (non-hydrogen) atoms. The monoisotopic (exact) mass is 663 g/mol. The van der Waals surface area contributed by atoms with Gasteiger partial charge in [-0.2, -0.15) is 28.2 Å². The number of nitrogen functional groups attached to an aromatic ring is 1. The van der Waals surface area contributed by atoms with Crippen molar-refractivity contribution in [3.8, 4) is 28.4 Å². The average Bonchev–Trinajstić information content (AvgIpc) is 3.69. The molecule has 2 saturated heterocycles. The van der Waals surface area contributed by atoms with Crippen LogP contribution in [0.4, 0.5) is 24.9 Å².